The summed E-state index contributed by atoms with van der Waals surface area (Å²) in [5.41, 5.74) is 1.04. The van der Waals surface area contributed by atoms with Crippen LogP contribution in [-0.4, -0.2) is 44.2 Å². The van der Waals surface area contributed by atoms with Gasteiger partial charge in [0.2, 0.25) is 11.8 Å². The molecule has 1 fully saturated rings. The Morgan fingerprint density at radius 1 is 1.24 bits per heavy atom. The number of aromatic nitrogens is 2. The fraction of sp³-hybridized carbons (Fsp3) is 0.389. The number of amides is 2. The molecule has 1 N–H and O–H groups in total. The summed E-state index contributed by atoms with van der Waals surface area (Å²) in [4.78, 5) is 26.9. The molecule has 1 unspecified atom stereocenters. The van der Waals surface area contributed by atoms with Gasteiger partial charge in [-0.1, -0.05) is 39.0 Å². The number of benzene rings is 1. The number of anilines is 1. The predicted octanol–water partition coefficient (Wildman–Crippen LogP) is 2.76. The van der Waals surface area contributed by atoms with Crippen molar-refractivity contribution in [1.29, 1.82) is 0 Å². The van der Waals surface area contributed by atoms with Gasteiger partial charge >= 0.3 is 0 Å². The monoisotopic (exact) mass is 358 g/mol. The molecule has 1 atom stereocenters. The van der Waals surface area contributed by atoms with Crippen LogP contribution in [-0.2, 0) is 9.59 Å². The Kier molecular flexibility index (Phi) is 4.85. The highest BCUT2D eigenvalue weighted by Crippen LogP contribution is 2.28. The van der Waals surface area contributed by atoms with E-state index in [4.69, 9.17) is 0 Å². The average molecular weight is 358 g/mol. The maximum atomic E-state index is 12.6. The first-order valence-corrected chi connectivity index (χ1v) is 9.31. The molecule has 1 saturated heterocycles. The molecule has 6 nitrogen and oxygen atoms in total. The quantitative estimate of drug-likeness (QED) is 0.916. The highest BCUT2D eigenvalue weighted by atomic mass is 32.2. The standard InChI is InChI=1S/C18H22N4O2S/c1-18(2,3)17(24)21-12-25-11-15(21)16(23)20-13-9-19-22(10-13)14-7-5-4-6-8-14/h4-10,15H,11-12H2,1-3H3,(H,20,23). The summed E-state index contributed by atoms with van der Waals surface area (Å²) >= 11 is 1.60. The highest BCUT2D eigenvalue weighted by Gasteiger charge is 2.39. The Balaban J connectivity index is 1.70. The van der Waals surface area contributed by atoms with Crippen molar-refractivity contribution < 1.29 is 9.59 Å². The van der Waals surface area contributed by atoms with E-state index in [9.17, 15) is 9.59 Å². The van der Waals surface area contributed by atoms with E-state index in [1.165, 1.54) is 0 Å². The smallest absolute Gasteiger partial charge is 0.248 e. The van der Waals surface area contributed by atoms with E-state index in [1.54, 1.807) is 33.7 Å². The lowest BCUT2D eigenvalue weighted by molar-refractivity contribution is -0.143. The van der Waals surface area contributed by atoms with Crippen molar-refractivity contribution in [2.24, 2.45) is 5.41 Å². The largest absolute Gasteiger partial charge is 0.322 e. The Labute approximate surface area is 151 Å². The minimum atomic E-state index is -0.498. The summed E-state index contributed by atoms with van der Waals surface area (Å²) < 4.78 is 1.71. The van der Waals surface area contributed by atoms with Crippen molar-refractivity contribution in [1.82, 2.24) is 14.7 Å². The molecule has 0 radical (unpaired) electrons. The first kappa shape index (κ1) is 17.5. The van der Waals surface area contributed by atoms with E-state index in [0.29, 0.717) is 17.3 Å². The lowest BCUT2D eigenvalue weighted by Crippen LogP contribution is -2.48. The van der Waals surface area contributed by atoms with Crippen LogP contribution >= 0.6 is 11.8 Å². The molecule has 1 aliphatic rings. The van der Waals surface area contributed by atoms with Gasteiger partial charge in [-0.15, -0.1) is 11.8 Å². The fourth-order valence-electron chi connectivity index (χ4n) is 2.63. The second-order valence-electron chi connectivity index (χ2n) is 7.04. The maximum Gasteiger partial charge on any atom is 0.248 e. The number of para-hydroxylation sites is 1. The van der Waals surface area contributed by atoms with Crippen molar-refractivity contribution in [3.05, 3.63) is 42.7 Å². The van der Waals surface area contributed by atoms with E-state index in [0.717, 1.165) is 5.69 Å². The lowest BCUT2D eigenvalue weighted by atomic mass is 9.94. The molecular weight excluding hydrogens is 336 g/mol. The minimum Gasteiger partial charge on any atom is -0.322 e. The number of thioether (sulfide) groups is 1. The van der Waals surface area contributed by atoms with Gasteiger partial charge in [0.1, 0.15) is 6.04 Å². The van der Waals surface area contributed by atoms with Gasteiger partial charge < -0.3 is 10.2 Å². The van der Waals surface area contributed by atoms with Crippen LogP contribution in [0, 0.1) is 5.41 Å². The third-order valence-corrected chi connectivity index (χ3v) is 4.97. The number of hydrogen-bond donors (Lipinski definition) is 1. The van der Waals surface area contributed by atoms with Crippen LogP contribution in [0.25, 0.3) is 5.69 Å². The van der Waals surface area contributed by atoms with E-state index < -0.39 is 11.5 Å². The molecule has 3 rings (SSSR count). The first-order chi connectivity index (χ1) is 11.9. The third-order valence-electron chi connectivity index (χ3n) is 3.96. The number of carbonyl (C=O) groups excluding carboxylic acids is 2. The molecular formula is C18H22N4O2S. The van der Waals surface area contributed by atoms with Crippen LogP contribution in [0.2, 0.25) is 0 Å². The maximum absolute atomic E-state index is 12.6. The summed E-state index contributed by atoms with van der Waals surface area (Å²) in [6.07, 6.45) is 3.38. The molecule has 1 aromatic carbocycles. The molecule has 0 saturated carbocycles. The number of nitrogens with one attached hydrogen (secondary N) is 1. The minimum absolute atomic E-state index is 0.00219. The molecule has 132 valence electrons. The lowest BCUT2D eigenvalue weighted by Gasteiger charge is -2.29. The van der Waals surface area contributed by atoms with Gasteiger partial charge in [-0.3, -0.25) is 9.59 Å². The van der Waals surface area contributed by atoms with E-state index in [1.807, 2.05) is 51.1 Å². The summed E-state index contributed by atoms with van der Waals surface area (Å²) in [5.74, 6) is 0.991. The number of carbonyl (C=O) groups is 2. The van der Waals surface area contributed by atoms with Crippen LogP contribution in [0.4, 0.5) is 5.69 Å². The molecule has 0 aliphatic carbocycles. The molecule has 2 aromatic rings. The van der Waals surface area contributed by atoms with Crippen LogP contribution in [0.5, 0.6) is 0 Å². The Morgan fingerprint density at radius 3 is 2.64 bits per heavy atom. The summed E-state index contributed by atoms with van der Waals surface area (Å²) in [5, 5.41) is 7.16. The Bertz CT molecular complexity index is 767. The molecule has 25 heavy (non-hydrogen) atoms. The van der Waals surface area contributed by atoms with Crippen molar-refractivity contribution in [3.8, 4) is 5.69 Å². The van der Waals surface area contributed by atoms with Crippen LogP contribution in [0.1, 0.15) is 20.8 Å². The zero-order chi connectivity index (χ0) is 18.0. The second-order valence-corrected chi connectivity index (χ2v) is 8.04. The van der Waals surface area contributed by atoms with Crippen LogP contribution < -0.4 is 5.32 Å². The average Bonchev–Trinajstić information content (AvgIpc) is 3.23. The van der Waals surface area contributed by atoms with Gasteiger partial charge in [0.25, 0.3) is 0 Å². The van der Waals surface area contributed by atoms with Gasteiger partial charge in [0.05, 0.1) is 29.6 Å². The number of hydrogen-bond acceptors (Lipinski definition) is 4. The van der Waals surface area contributed by atoms with Gasteiger partial charge in [-0.05, 0) is 12.1 Å². The highest BCUT2D eigenvalue weighted by molar-refractivity contribution is 7.99. The molecule has 1 aliphatic heterocycles. The second kappa shape index (κ2) is 6.92. The molecule has 1 aromatic heterocycles. The van der Waals surface area contributed by atoms with E-state index >= 15 is 0 Å². The van der Waals surface area contributed by atoms with Crippen molar-refractivity contribution >= 4 is 29.3 Å². The van der Waals surface area contributed by atoms with Gasteiger partial charge in [-0.2, -0.15) is 5.10 Å². The fourth-order valence-corrected chi connectivity index (χ4v) is 3.78. The van der Waals surface area contributed by atoms with Crippen molar-refractivity contribution in [2.75, 3.05) is 16.9 Å². The molecule has 7 heteroatoms. The summed E-state index contributed by atoms with van der Waals surface area (Å²) in [6, 6.07) is 9.24. The first-order valence-electron chi connectivity index (χ1n) is 8.16. The Hall–Kier alpha value is -2.28. The SMILES string of the molecule is CC(C)(C)C(=O)N1CSCC1C(=O)Nc1cnn(-c2ccccc2)c1. The van der Waals surface area contributed by atoms with Gasteiger partial charge in [-0.25, -0.2) is 4.68 Å². The van der Waals surface area contributed by atoms with Crippen LogP contribution in [0.3, 0.4) is 0 Å². The summed E-state index contributed by atoms with van der Waals surface area (Å²) in [7, 11) is 0. The molecule has 2 amide bonds. The van der Waals surface area contributed by atoms with E-state index in [-0.39, 0.29) is 11.8 Å². The number of rotatable bonds is 3. The van der Waals surface area contributed by atoms with Gasteiger partial charge in [0, 0.05) is 11.2 Å². The molecule has 0 bridgehead atoms. The number of nitrogens with zero attached hydrogens (tertiary/aromatic N) is 3. The Morgan fingerprint density at radius 2 is 1.96 bits per heavy atom. The zero-order valence-electron chi connectivity index (χ0n) is 14.6. The van der Waals surface area contributed by atoms with Gasteiger partial charge in [0.15, 0.2) is 0 Å². The van der Waals surface area contributed by atoms with Crippen molar-refractivity contribution in [3.63, 3.8) is 0 Å². The normalized spacial score (nSPS) is 17.6. The van der Waals surface area contributed by atoms with Crippen molar-refractivity contribution in [2.45, 2.75) is 26.8 Å². The topological polar surface area (TPSA) is 67.2 Å². The molecule has 2 heterocycles. The van der Waals surface area contributed by atoms with E-state index in [2.05, 4.69) is 10.4 Å². The summed E-state index contributed by atoms with van der Waals surface area (Å²) in [6.45, 7) is 5.62. The predicted molar refractivity (Wildman–Crippen MR) is 99.6 cm³/mol. The van der Waals surface area contributed by atoms with Crippen LogP contribution in [0.15, 0.2) is 42.7 Å². The third kappa shape index (κ3) is 3.87. The molecule has 0 spiro atoms. The zero-order valence-corrected chi connectivity index (χ0v) is 15.4.